The van der Waals surface area contributed by atoms with Crippen LogP contribution in [-0.4, -0.2) is 19.7 Å². The Morgan fingerprint density at radius 2 is 2.33 bits per heavy atom. The van der Waals surface area contributed by atoms with E-state index in [1.165, 1.54) is 11.1 Å². The molecule has 94 valence electrons. The van der Waals surface area contributed by atoms with Crippen molar-refractivity contribution in [3.05, 3.63) is 29.3 Å². The summed E-state index contributed by atoms with van der Waals surface area (Å²) < 4.78 is 5.31. The first-order valence-electron chi connectivity index (χ1n) is 6.48. The fourth-order valence-electron chi connectivity index (χ4n) is 3.63. The average Bonchev–Trinajstić information content (AvgIpc) is 2.38. The molecule has 1 fully saturated rings. The predicted molar refractivity (Wildman–Crippen MR) is 69.6 cm³/mol. The van der Waals surface area contributed by atoms with Gasteiger partial charge in [-0.15, -0.1) is 0 Å². The molecule has 0 unspecified atom stereocenters. The number of rotatable bonds is 1. The van der Waals surface area contributed by atoms with Gasteiger partial charge >= 0.3 is 0 Å². The molecule has 1 aliphatic carbocycles. The van der Waals surface area contributed by atoms with Crippen LogP contribution in [0.15, 0.2) is 18.2 Å². The third kappa shape index (κ3) is 1.53. The van der Waals surface area contributed by atoms with Crippen molar-refractivity contribution in [3.63, 3.8) is 0 Å². The number of nitrogens with zero attached hydrogens (tertiary/aromatic N) is 1. The van der Waals surface area contributed by atoms with E-state index in [9.17, 15) is 5.26 Å². The number of methoxy groups -OCH3 is 1. The second kappa shape index (κ2) is 4.00. The molecule has 3 rings (SSSR count). The van der Waals surface area contributed by atoms with Crippen LogP contribution in [0.3, 0.4) is 0 Å². The molecule has 3 heteroatoms. The van der Waals surface area contributed by atoms with Crippen LogP contribution in [0.2, 0.25) is 0 Å². The number of benzene rings is 1. The molecule has 18 heavy (non-hydrogen) atoms. The molecule has 0 saturated carbocycles. The van der Waals surface area contributed by atoms with E-state index in [1.54, 1.807) is 7.11 Å². The topological polar surface area (TPSA) is 45.0 Å². The molecule has 0 spiro atoms. The van der Waals surface area contributed by atoms with E-state index in [4.69, 9.17) is 4.74 Å². The maximum atomic E-state index is 9.36. The van der Waals surface area contributed by atoms with E-state index in [0.717, 1.165) is 25.1 Å². The van der Waals surface area contributed by atoms with E-state index < -0.39 is 0 Å². The minimum absolute atomic E-state index is 0.0580. The molecule has 1 saturated heterocycles. The maximum Gasteiger partial charge on any atom is 0.119 e. The second-order valence-electron chi connectivity index (χ2n) is 5.69. The standard InChI is InChI=1S/C15H18N2O/c1-15-7-10(9-17-14(15)8-16)5-11-6-12(18-2)3-4-13(11)15/h3-4,6,10,14,17H,5,7,9H2,1-2H3/t10-,14+,15-/m1/s1. The summed E-state index contributed by atoms with van der Waals surface area (Å²) in [6.45, 7) is 3.16. The lowest BCUT2D eigenvalue weighted by Crippen LogP contribution is -2.56. The average molecular weight is 242 g/mol. The first-order chi connectivity index (χ1) is 8.67. The number of ether oxygens (including phenoxy) is 1. The van der Waals surface area contributed by atoms with Crippen LogP contribution in [0.4, 0.5) is 0 Å². The molecule has 2 bridgehead atoms. The van der Waals surface area contributed by atoms with Gasteiger partial charge in [0.15, 0.2) is 0 Å². The smallest absolute Gasteiger partial charge is 0.119 e. The van der Waals surface area contributed by atoms with Gasteiger partial charge in [-0.3, -0.25) is 0 Å². The fourth-order valence-corrected chi connectivity index (χ4v) is 3.63. The first kappa shape index (κ1) is 11.6. The Kier molecular flexibility index (Phi) is 2.57. The van der Waals surface area contributed by atoms with Gasteiger partial charge in [0.25, 0.3) is 0 Å². The molecule has 1 aromatic carbocycles. The highest BCUT2D eigenvalue weighted by molar-refractivity contribution is 5.45. The zero-order chi connectivity index (χ0) is 12.8. The van der Waals surface area contributed by atoms with Crippen LogP contribution in [0.1, 0.15) is 24.5 Å². The van der Waals surface area contributed by atoms with Gasteiger partial charge in [-0.2, -0.15) is 5.26 Å². The van der Waals surface area contributed by atoms with Crippen molar-refractivity contribution in [1.82, 2.24) is 5.32 Å². The van der Waals surface area contributed by atoms with Crippen molar-refractivity contribution in [1.29, 1.82) is 5.26 Å². The molecule has 0 radical (unpaired) electrons. The van der Waals surface area contributed by atoms with Gasteiger partial charge in [-0.1, -0.05) is 13.0 Å². The minimum Gasteiger partial charge on any atom is -0.497 e. The monoisotopic (exact) mass is 242 g/mol. The van der Waals surface area contributed by atoms with Crippen LogP contribution in [-0.2, 0) is 11.8 Å². The van der Waals surface area contributed by atoms with E-state index in [0.29, 0.717) is 5.92 Å². The van der Waals surface area contributed by atoms with E-state index in [1.807, 2.05) is 6.07 Å². The van der Waals surface area contributed by atoms with E-state index >= 15 is 0 Å². The lowest BCUT2D eigenvalue weighted by molar-refractivity contribution is 0.201. The molecule has 1 heterocycles. The summed E-state index contributed by atoms with van der Waals surface area (Å²) >= 11 is 0. The lowest BCUT2D eigenvalue weighted by atomic mass is 9.61. The molecule has 3 atom stereocenters. The Hall–Kier alpha value is -1.53. The summed E-state index contributed by atoms with van der Waals surface area (Å²) in [5.41, 5.74) is 2.62. The quantitative estimate of drug-likeness (QED) is 0.819. The fraction of sp³-hybridized carbons (Fsp3) is 0.533. The van der Waals surface area contributed by atoms with Crippen LogP contribution >= 0.6 is 0 Å². The summed E-state index contributed by atoms with van der Waals surface area (Å²) in [7, 11) is 1.70. The van der Waals surface area contributed by atoms with Gasteiger partial charge in [-0.25, -0.2) is 0 Å². The van der Waals surface area contributed by atoms with Crippen LogP contribution in [0.5, 0.6) is 5.75 Å². The number of hydrogen-bond donors (Lipinski definition) is 1. The van der Waals surface area contributed by atoms with Crippen LogP contribution in [0.25, 0.3) is 0 Å². The van der Waals surface area contributed by atoms with E-state index in [2.05, 4.69) is 30.4 Å². The first-order valence-corrected chi connectivity index (χ1v) is 6.48. The Labute approximate surface area is 108 Å². The van der Waals surface area contributed by atoms with E-state index in [-0.39, 0.29) is 11.5 Å². The van der Waals surface area contributed by atoms with Gasteiger partial charge in [0, 0.05) is 5.41 Å². The molecule has 3 nitrogen and oxygen atoms in total. The van der Waals surface area contributed by atoms with Gasteiger partial charge in [0.1, 0.15) is 11.8 Å². The zero-order valence-electron chi connectivity index (χ0n) is 10.9. The SMILES string of the molecule is COc1ccc2c(c1)C[C@H]1CN[C@@H](C#N)[C@]2(C)C1. The molecule has 2 aliphatic rings. The third-order valence-electron chi connectivity index (χ3n) is 4.53. The number of fused-ring (bicyclic) bond motifs is 4. The van der Waals surface area contributed by atoms with Crippen LogP contribution in [0, 0.1) is 17.2 Å². The predicted octanol–water partition coefficient (Wildman–Crippen LogP) is 2.01. The number of nitriles is 1. The Morgan fingerprint density at radius 3 is 3.06 bits per heavy atom. The maximum absolute atomic E-state index is 9.36. The van der Waals surface area contributed by atoms with Gasteiger partial charge in [-0.05, 0) is 48.6 Å². The number of hydrogen-bond acceptors (Lipinski definition) is 3. The Morgan fingerprint density at radius 1 is 1.50 bits per heavy atom. The van der Waals surface area contributed by atoms with Crippen molar-refractivity contribution in [2.75, 3.05) is 13.7 Å². The van der Waals surface area contributed by atoms with Crippen molar-refractivity contribution in [2.24, 2.45) is 5.92 Å². The highest BCUT2D eigenvalue weighted by atomic mass is 16.5. The molecular formula is C15H18N2O. The minimum atomic E-state index is -0.0822. The molecule has 1 aromatic rings. The zero-order valence-corrected chi connectivity index (χ0v) is 10.9. The van der Waals surface area contributed by atoms with Crippen molar-refractivity contribution >= 4 is 0 Å². The lowest BCUT2D eigenvalue weighted by Gasteiger charge is -2.47. The summed E-state index contributed by atoms with van der Waals surface area (Å²) in [4.78, 5) is 0. The molecular weight excluding hydrogens is 224 g/mol. The highest BCUT2D eigenvalue weighted by Gasteiger charge is 2.46. The number of nitrogens with one attached hydrogen (secondary N) is 1. The normalized spacial score (nSPS) is 33.4. The summed E-state index contributed by atoms with van der Waals surface area (Å²) in [6, 6.07) is 8.63. The molecule has 0 amide bonds. The van der Waals surface area contributed by atoms with Crippen molar-refractivity contribution < 1.29 is 4.74 Å². The Balaban J connectivity index is 2.12. The van der Waals surface area contributed by atoms with Crippen molar-refractivity contribution in [2.45, 2.75) is 31.2 Å². The van der Waals surface area contributed by atoms with Gasteiger partial charge in [0.2, 0.25) is 0 Å². The van der Waals surface area contributed by atoms with Gasteiger partial charge < -0.3 is 10.1 Å². The second-order valence-corrected chi connectivity index (χ2v) is 5.69. The molecule has 0 aromatic heterocycles. The third-order valence-corrected chi connectivity index (χ3v) is 4.53. The van der Waals surface area contributed by atoms with Gasteiger partial charge in [0.05, 0.1) is 13.2 Å². The van der Waals surface area contributed by atoms with Crippen molar-refractivity contribution in [3.8, 4) is 11.8 Å². The largest absolute Gasteiger partial charge is 0.497 e. The Bertz CT molecular complexity index is 520. The van der Waals surface area contributed by atoms with Crippen LogP contribution < -0.4 is 10.1 Å². The molecule has 1 N–H and O–H groups in total. The summed E-state index contributed by atoms with van der Waals surface area (Å²) in [5.74, 6) is 1.55. The number of piperidine rings is 1. The highest BCUT2D eigenvalue weighted by Crippen LogP contribution is 2.45. The summed E-state index contributed by atoms with van der Waals surface area (Å²) in [5, 5.41) is 12.7. The molecule has 1 aliphatic heterocycles. The summed E-state index contributed by atoms with van der Waals surface area (Å²) in [6.07, 6.45) is 2.20.